The fraction of sp³-hybridized carbons (Fsp3) is 0.211. The highest BCUT2D eigenvalue weighted by molar-refractivity contribution is 7.99. The number of fused-ring (bicyclic) bond motifs is 1. The normalized spacial score (nSPS) is 11.0. The van der Waals surface area contributed by atoms with Crippen LogP contribution in [0.4, 0.5) is 0 Å². The molecule has 0 aliphatic carbocycles. The second kappa shape index (κ2) is 7.38. The number of carboxylic acid groups (broad SMARTS) is 1. The summed E-state index contributed by atoms with van der Waals surface area (Å²) in [7, 11) is 0. The van der Waals surface area contributed by atoms with Crippen LogP contribution >= 0.6 is 11.8 Å². The molecular weight excluding hydrogens is 306 g/mol. The van der Waals surface area contributed by atoms with Crippen molar-refractivity contribution in [3.8, 4) is 0 Å². The van der Waals surface area contributed by atoms with Crippen molar-refractivity contribution in [3.05, 3.63) is 65.9 Å². The van der Waals surface area contributed by atoms with Crippen LogP contribution in [-0.4, -0.2) is 21.8 Å². The third kappa shape index (κ3) is 3.96. The van der Waals surface area contributed by atoms with Gasteiger partial charge in [-0.3, -0.25) is 0 Å². The monoisotopic (exact) mass is 325 g/mol. The number of benzene rings is 2. The molecule has 4 heteroatoms. The van der Waals surface area contributed by atoms with E-state index in [0.29, 0.717) is 0 Å². The van der Waals surface area contributed by atoms with Crippen LogP contribution in [-0.2, 0) is 6.42 Å². The van der Waals surface area contributed by atoms with Gasteiger partial charge in [-0.15, -0.1) is 11.8 Å². The van der Waals surface area contributed by atoms with E-state index in [1.54, 1.807) is 17.8 Å². The average molecular weight is 325 g/mol. The predicted molar refractivity (Wildman–Crippen MR) is 95.4 cm³/mol. The zero-order valence-electron chi connectivity index (χ0n) is 12.8. The lowest BCUT2D eigenvalue weighted by molar-refractivity contribution is 0.0691. The van der Waals surface area contributed by atoms with Gasteiger partial charge in [0.1, 0.15) is 5.69 Å². The van der Waals surface area contributed by atoms with Gasteiger partial charge in [-0.05, 0) is 48.8 Å². The molecular formula is C19H19NO2S. The number of aromatic carboxylic acids is 1. The minimum absolute atomic E-state index is 0.247. The van der Waals surface area contributed by atoms with Gasteiger partial charge in [0.15, 0.2) is 0 Å². The Morgan fingerprint density at radius 1 is 1.04 bits per heavy atom. The molecule has 3 nitrogen and oxygen atoms in total. The van der Waals surface area contributed by atoms with Crippen LogP contribution in [0.3, 0.4) is 0 Å². The molecule has 0 bridgehead atoms. The second-order valence-electron chi connectivity index (χ2n) is 5.50. The molecule has 1 heterocycles. The van der Waals surface area contributed by atoms with Crippen molar-refractivity contribution in [1.29, 1.82) is 0 Å². The smallest absolute Gasteiger partial charge is 0.352 e. The molecule has 0 fully saturated rings. The summed E-state index contributed by atoms with van der Waals surface area (Å²) in [6, 6.07) is 18.2. The molecule has 0 saturated carbocycles. The first kappa shape index (κ1) is 15.7. The number of aryl methyl sites for hydroxylation is 1. The van der Waals surface area contributed by atoms with Crippen LogP contribution in [0, 0.1) is 0 Å². The maximum absolute atomic E-state index is 11.1. The van der Waals surface area contributed by atoms with Crippen LogP contribution in [0.15, 0.2) is 59.5 Å². The van der Waals surface area contributed by atoms with E-state index in [1.807, 2.05) is 18.2 Å². The third-order valence-corrected chi connectivity index (χ3v) is 4.97. The molecule has 23 heavy (non-hydrogen) atoms. The number of nitrogens with one attached hydrogen (secondary N) is 1. The number of thioether (sulfide) groups is 1. The van der Waals surface area contributed by atoms with E-state index in [2.05, 4.69) is 35.3 Å². The SMILES string of the molecule is O=C(O)c1cc2c(SCCCCc3ccccc3)cccc2[nH]1. The Bertz CT molecular complexity index is 795. The zero-order valence-corrected chi connectivity index (χ0v) is 13.6. The van der Waals surface area contributed by atoms with Gasteiger partial charge in [0.05, 0.1) is 0 Å². The van der Waals surface area contributed by atoms with Crippen molar-refractivity contribution in [2.75, 3.05) is 5.75 Å². The van der Waals surface area contributed by atoms with Crippen molar-refractivity contribution in [3.63, 3.8) is 0 Å². The fourth-order valence-electron chi connectivity index (χ4n) is 2.63. The van der Waals surface area contributed by atoms with Crippen molar-refractivity contribution in [2.24, 2.45) is 0 Å². The molecule has 0 atom stereocenters. The standard InChI is InChI=1S/C19H19NO2S/c21-19(22)17-13-15-16(20-17)10-6-11-18(15)23-12-5-4-9-14-7-2-1-3-8-14/h1-3,6-8,10-11,13,20H,4-5,9,12H2,(H,21,22). The molecule has 3 rings (SSSR count). The van der Waals surface area contributed by atoms with Crippen molar-refractivity contribution in [1.82, 2.24) is 4.98 Å². The highest BCUT2D eigenvalue weighted by Crippen LogP contribution is 2.29. The van der Waals surface area contributed by atoms with Crippen LogP contribution < -0.4 is 0 Å². The summed E-state index contributed by atoms with van der Waals surface area (Å²) in [6.45, 7) is 0. The molecule has 0 amide bonds. The quantitative estimate of drug-likeness (QED) is 0.476. The van der Waals surface area contributed by atoms with Gasteiger partial charge in [-0.25, -0.2) is 4.79 Å². The van der Waals surface area contributed by atoms with Crippen LogP contribution in [0.1, 0.15) is 28.9 Å². The molecule has 0 radical (unpaired) electrons. The zero-order chi connectivity index (χ0) is 16.1. The number of H-pyrrole nitrogens is 1. The topological polar surface area (TPSA) is 53.1 Å². The lowest BCUT2D eigenvalue weighted by atomic mass is 10.1. The maximum Gasteiger partial charge on any atom is 0.352 e. The third-order valence-electron chi connectivity index (χ3n) is 3.81. The molecule has 118 valence electrons. The van der Waals surface area contributed by atoms with Crippen LogP contribution in [0.25, 0.3) is 10.9 Å². The summed E-state index contributed by atoms with van der Waals surface area (Å²) in [5.74, 6) is 0.125. The van der Waals surface area contributed by atoms with Crippen LogP contribution in [0.5, 0.6) is 0 Å². The maximum atomic E-state index is 11.1. The van der Waals surface area contributed by atoms with Gasteiger partial charge >= 0.3 is 5.97 Å². The molecule has 2 N–H and O–H groups in total. The van der Waals surface area contributed by atoms with E-state index in [1.165, 1.54) is 12.0 Å². The van der Waals surface area contributed by atoms with E-state index in [9.17, 15) is 4.79 Å². The number of rotatable bonds is 7. The van der Waals surface area contributed by atoms with Crippen molar-refractivity contribution < 1.29 is 9.90 Å². The first-order valence-corrected chi connectivity index (χ1v) is 8.74. The lowest BCUT2D eigenvalue weighted by Gasteiger charge is -2.04. The second-order valence-corrected chi connectivity index (χ2v) is 6.63. The minimum atomic E-state index is -0.917. The van der Waals surface area contributed by atoms with E-state index < -0.39 is 5.97 Å². The average Bonchev–Trinajstić information content (AvgIpc) is 3.01. The summed E-state index contributed by atoms with van der Waals surface area (Å²) >= 11 is 1.80. The summed E-state index contributed by atoms with van der Waals surface area (Å²) in [5, 5.41) is 10.1. The van der Waals surface area contributed by atoms with E-state index in [0.717, 1.165) is 34.4 Å². The van der Waals surface area contributed by atoms with E-state index in [4.69, 9.17) is 5.11 Å². The molecule has 2 aromatic carbocycles. The first-order valence-electron chi connectivity index (χ1n) is 7.76. The van der Waals surface area contributed by atoms with Gasteiger partial charge in [0.2, 0.25) is 0 Å². The Morgan fingerprint density at radius 2 is 1.87 bits per heavy atom. The molecule has 0 aliphatic rings. The fourth-order valence-corrected chi connectivity index (χ4v) is 3.69. The van der Waals surface area contributed by atoms with Gasteiger partial charge in [-0.1, -0.05) is 36.4 Å². The highest BCUT2D eigenvalue weighted by atomic mass is 32.2. The Hall–Kier alpha value is -2.20. The molecule has 3 aromatic rings. The molecule has 0 saturated heterocycles. The first-order chi connectivity index (χ1) is 11.2. The summed E-state index contributed by atoms with van der Waals surface area (Å²) < 4.78 is 0. The van der Waals surface area contributed by atoms with E-state index in [-0.39, 0.29) is 5.69 Å². The van der Waals surface area contributed by atoms with E-state index >= 15 is 0 Å². The number of hydrogen-bond donors (Lipinski definition) is 2. The Kier molecular flexibility index (Phi) is 5.03. The van der Waals surface area contributed by atoms with Gasteiger partial charge in [0, 0.05) is 15.8 Å². The number of carboxylic acids is 1. The number of hydrogen-bond acceptors (Lipinski definition) is 2. The summed E-state index contributed by atoms with van der Waals surface area (Å²) in [6.07, 6.45) is 3.42. The van der Waals surface area contributed by atoms with Gasteiger partial charge in [0.25, 0.3) is 0 Å². The van der Waals surface area contributed by atoms with Crippen molar-refractivity contribution >= 4 is 28.6 Å². The lowest BCUT2D eigenvalue weighted by Crippen LogP contribution is -1.94. The summed E-state index contributed by atoms with van der Waals surface area (Å²) in [4.78, 5) is 15.2. The summed E-state index contributed by atoms with van der Waals surface area (Å²) in [5.41, 5.74) is 2.52. The largest absolute Gasteiger partial charge is 0.477 e. The predicted octanol–water partition coefficient (Wildman–Crippen LogP) is 4.98. The molecule has 0 aliphatic heterocycles. The van der Waals surface area contributed by atoms with Gasteiger partial charge in [-0.2, -0.15) is 0 Å². The molecule has 0 spiro atoms. The van der Waals surface area contributed by atoms with Gasteiger partial charge < -0.3 is 10.1 Å². The number of aromatic nitrogens is 1. The number of unbranched alkanes of at least 4 members (excludes halogenated alkanes) is 1. The van der Waals surface area contributed by atoms with Crippen molar-refractivity contribution in [2.45, 2.75) is 24.2 Å². The highest BCUT2D eigenvalue weighted by Gasteiger charge is 2.10. The number of aromatic amines is 1. The minimum Gasteiger partial charge on any atom is -0.477 e. The molecule has 0 unspecified atom stereocenters. The Labute approximate surface area is 139 Å². The van der Waals surface area contributed by atoms with Crippen LogP contribution in [0.2, 0.25) is 0 Å². The Balaban J connectivity index is 1.56. The number of carbonyl (C=O) groups is 1. The Morgan fingerprint density at radius 3 is 2.65 bits per heavy atom. The molecule has 1 aromatic heterocycles.